The fourth-order valence-electron chi connectivity index (χ4n) is 3.23. The van der Waals surface area contributed by atoms with E-state index < -0.39 is 0 Å². The molecule has 1 aliphatic rings. The number of nitrogens with one attached hydrogen (secondary N) is 1. The molecular formula is C18H27ClN2O. The second kappa shape index (κ2) is 7.47. The van der Waals surface area contributed by atoms with Crippen LogP contribution in [-0.4, -0.2) is 18.5 Å². The van der Waals surface area contributed by atoms with Gasteiger partial charge in [-0.1, -0.05) is 44.0 Å². The minimum atomic E-state index is -0.00185. The summed E-state index contributed by atoms with van der Waals surface area (Å²) in [6.07, 6.45) is 4.74. The Kier molecular flexibility index (Phi) is 5.87. The molecule has 0 radical (unpaired) electrons. The summed E-state index contributed by atoms with van der Waals surface area (Å²) in [6.45, 7) is 4.99. The summed E-state index contributed by atoms with van der Waals surface area (Å²) in [5.41, 5.74) is 7.23. The van der Waals surface area contributed by atoms with Gasteiger partial charge in [-0.2, -0.15) is 0 Å². The second-order valence-corrected chi connectivity index (χ2v) is 7.74. The second-order valence-electron chi connectivity index (χ2n) is 7.31. The molecule has 0 spiro atoms. The van der Waals surface area contributed by atoms with Gasteiger partial charge in [-0.25, -0.2) is 0 Å². The average molecular weight is 323 g/mol. The molecule has 1 aromatic rings. The van der Waals surface area contributed by atoms with Gasteiger partial charge < -0.3 is 11.1 Å². The summed E-state index contributed by atoms with van der Waals surface area (Å²) in [6, 6.07) is 8.11. The molecule has 0 aliphatic heterocycles. The third kappa shape index (κ3) is 5.29. The lowest BCUT2D eigenvalue weighted by molar-refractivity contribution is -0.122. The van der Waals surface area contributed by atoms with Crippen molar-refractivity contribution in [2.75, 3.05) is 6.54 Å². The molecule has 2 rings (SSSR count). The fraction of sp³-hybridized carbons (Fsp3) is 0.611. The van der Waals surface area contributed by atoms with Crippen LogP contribution in [0, 0.1) is 11.3 Å². The van der Waals surface area contributed by atoms with Gasteiger partial charge in [-0.3, -0.25) is 4.79 Å². The van der Waals surface area contributed by atoms with Crippen molar-refractivity contribution in [2.45, 2.75) is 52.0 Å². The predicted molar refractivity (Wildman–Crippen MR) is 91.9 cm³/mol. The molecule has 0 saturated heterocycles. The first kappa shape index (κ1) is 17.3. The molecule has 4 heteroatoms. The third-order valence-electron chi connectivity index (χ3n) is 4.50. The Morgan fingerprint density at radius 2 is 2.18 bits per heavy atom. The average Bonchev–Trinajstić information content (AvgIpc) is 2.82. The first-order valence-electron chi connectivity index (χ1n) is 8.12. The van der Waals surface area contributed by atoms with E-state index in [4.69, 9.17) is 17.3 Å². The lowest BCUT2D eigenvalue weighted by atomic mass is 9.85. The first-order valence-corrected chi connectivity index (χ1v) is 8.50. The SMILES string of the molecule is CC(C)(CNC(=O)C[C@@H]1CCC[C@H]1N)Cc1cccc(Cl)c1. The van der Waals surface area contributed by atoms with Crippen LogP contribution in [0.5, 0.6) is 0 Å². The molecule has 0 unspecified atom stereocenters. The van der Waals surface area contributed by atoms with E-state index in [1.807, 2.05) is 18.2 Å². The predicted octanol–water partition coefficient (Wildman–Crippen LogP) is 3.54. The van der Waals surface area contributed by atoms with Gasteiger partial charge in [0.25, 0.3) is 0 Å². The Morgan fingerprint density at radius 1 is 1.41 bits per heavy atom. The topological polar surface area (TPSA) is 55.1 Å². The Balaban J connectivity index is 1.80. The number of amides is 1. The van der Waals surface area contributed by atoms with Crippen molar-refractivity contribution in [1.82, 2.24) is 5.32 Å². The molecular weight excluding hydrogens is 296 g/mol. The molecule has 0 bridgehead atoms. The van der Waals surface area contributed by atoms with E-state index in [1.165, 1.54) is 5.56 Å². The molecule has 1 fully saturated rings. The van der Waals surface area contributed by atoms with Crippen LogP contribution in [0.4, 0.5) is 0 Å². The lowest BCUT2D eigenvalue weighted by Crippen LogP contribution is -2.37. The number of carbonyl (C=O) groups excluding carboxylic acids is 1. The zero-order valence-corrected chi connectivity index (χ0v) is 14.3. The molecule has 0 heterocycles. The van der Waals surface area contributed by atoms with Crippen LogP contribution < -0.4 is 11.1 Å². The normalized spacial score (nSPS) is 21.8. The highest BCUT2D eigenvalue weighted by atomic mass is 35.5. The highest BCUT2D eigenvalue weighted by Gasteiger charge is 2.27. The molecule has 22 heavy (non-hydrogen) atoms. The van der Waals surface area contributed by atoms with E-state index in [-0.39, 0.29) is 17.4 Å². The van der Waals surface area contributed by atoms with E-state index in [1.54, 1.807) is 0 Å². The number of hydrogen-bond donors (Lipinski definition) is 2. The van der Waals surface area contributed by atoms with Crippen LogP contribution in [0.25, 0.3) is 0 Å². The number of rotatable bonds is 6. The Bertz CT molecular complexity index is 516. The standard InChI is InChI=1S/C18H27ClN2O/c1-18(2,11-13-5-3-7-15(19)9-13)12-21-17(22)10-14-6-4-8-16(14)20/h3,5,7,9,14,16H,4,6,8,10-12,20H2,1-2H3,(H,21,22)/t14-,16+/m0/s1. The zero-order chi connectivity index (χ0) is 16.2. The van der Waals surface area contributed by atoms with Crippen molar-refractivity contribution in [2.24, 2.45) is 17.1 Å². The van der Waals surface area contributed by atoms with E-state index in [0.717, 1.165) is 30.7 Å². The molecule has 122 valence electrons. The number of nitrogens with two attached hydrogens (primary N) is 1. The quantitative estimate of drug-likeness (QED) is 0.841. The fourth-order valence-corrected chi connectivity index (χ4v) is 3.44. The summed E-state index contributed by atoms with van der Waals surface area (Å²) in [7, 11) is 0. The first-order chi connectivity index (χ1) is 10.4. The van der Waals surface area contributed by atoms with Crippen LogP contribution in [-0.2, 0) is 11.2 Å². The van der Waals surface area contributed by atoms with Crippen LogP contribution in [0.15, 0.2) is 24.3 Å². The van der Waals surface area contributed by atoms with E-state index in [2.05, 4.69) is 25.2 Å². The smallest absolute Gasteiger partial charge is 0.220 e. The molecule has 2 atom stereocenters. The summed E-state index contributed by atoms with van der Waals surface area (Å²) < 4.78 is 0. The van der Waals surface area contributed by atoms with Gasteiger partial charge in [0.05, 0.1) is 0 Å². The number of halogens is 1. The maximum absolute atomic E-state index is 12.1. The van der Waals surface area contributed by atoms with Crippen LogP contribution >= 0.6 is 11.6 Å². The van der Waals surface area contributed by atoms with E-state index in [9.17, 15) is 4.79 Å². The molecule has 1 amide bonds. The maximum Gasteiger partial charge on any atom is 0.220 e. The highest BCUT2D eigenvalue weighted by molar-refractivity contribution is 6.30. The third-order valence-corrected chi connectivity index (χ3v) is 4.74. The van der Waals surface area contributed by atoms with Crippen molar-refractivity contribution < 1.29 is 4.79 Å². The number of hydrogen-bond acceptors (Lipinski definition) is 2. The number of carbonyl (C=O) groups is 1. The van der Waals surface area contributed by atoms with Gasteiger partial charge in [-0.15, -0.1) is 0 Å². The van der Waals surface area contributed by atoms with E-state index >= 15 is 0 Å². The Labute approximate surface area is 138 Å². The van der Waals surface area contributed by atoms with Crippen LogP contribution in [0.3, 0.4) is 0 Å². The molecule has 0 aromatic heterocycles. The van der Waals surface area contributed by atoms with Gasteiger partial charge >= 0.3 is 0 Å². The number of benzene rings is 1. The molecule has 1 saturated carbocycles. The summed E-state index contributed by atoms with van der Waals surface area (Å²) in [5.74, 6) is 0.484. The Morgan fingerprint density at radius 3 is 2.82 bits per heavy atom. The van der Waals surface area contributed by atoms with Crippen molar-refractivity contribution in [3.8, 4) is 0 Å². The summed E-state index contributed by atoms with van der Waals surface area (Å²) >= 11 is 6.03. The minimum Gasteiger partial charge on any atom is -0.356 e. The largest absolute Gasteiger partial charge is 0.356 e. The van der Waals surface area contributed by atoms with E-state index in [0.29, 0.717) is 18.9 Å². The van der Waals surface area contributed by atoms with Gasteiger partial charge in [0.15, 0.2) is 0 Å². The monoisotopic (exact) mass is 322 g/mol. The molecule has 1 aliphatic carbocycles. The van der Waals surface area contributed by atoms with Gasteiger partial charge in [0.1, 0.15) is 0 Å². The molecule has 3 N–H and O–H groups in total. The Hall–Kier alpha value is -1.06. The van der Waals surface area contributed by atoms with Crippen molar-refractivity contribution >= 4 is 17.5 Å². The summed E-state index contributed by atoms with van der Waals surface area (Å²) in [5, 5.41) is 3.83. The maximum atomic E-state index is 12.1. The van der Waals surface area contributed by atoms with Gasteiger partial charge in [0, 0.05) is 24.0 Å². The van der Waals surface area contributed by atoms with Gasteiger partial charge in [-0.05, 0) is 48.3 Å². The van der Waals surface area contributed by atoms with Crippen LogP contribution in [0.2, 0.25) is 5.02 Å². The zero-order valence-electron chi connectivity index (χ0n) is 13.6. The van der Waals surface area contributed by atoms with Crippen molar-refractivity contribution in [3.63, 3.8) is 0 Å². The summed E-state index contributed by atoms with van der Waals surface area (Å²) in [4.78, 5) is 12.1. The molecule has 3 nitrogen and oxygen atoms in total. The molecule has 1 aromatic carbocycles. The van der Waals surface area contributed by atoms with Gasteiger partial charge in [0.2, 0.25) is 5.91 Å². The lowest BCUT2D eigenvalue weighted by Gasteiger charge is -2.26. The van der Waals surface area contributed by atoms with Crippen LogP contribution in [0.1, 0.15) is 45.1 Å². The minimum absolute atomic E-state index is 0.00185. The van der Waals surface area contributed by atoms with Crippen molar-refractivity contribution in [3.05, 3.63) is 34.9 Å². The highest BCUT2D eigenvalue weighted by Crippen LogP contribution is 2.27. The van der Waals surface area contributed by atoms with Crippen molar-refractivity contribution in [1.29, 1.82) is 0 Å².